The number of nitrogen functional groups attached to an aromatic ring is 1. The van der Waals surface area contributed by atoms with Crippen molar-refractivity contribution in [2.75, 3.05) is 25.2 Å². The highest BCUT2D eigenvalue weighted by Crippen LogP contribution is 2.25. The molecule has 2 rings (SSSR count). The van der Waals surface area contributed by atoms with Crippen LogP contribution in [-0.2, 0) is 10.0 Å². The quantitative estimate of drug-likeness (QED) is 0.753. The highest BCUT2D eigenvalue weighted by Gasteiger charge is 2.24. The SMILES string of the molecule is COc1ccc(NC(=O)c2cccc(S(=O)(=O)N(C)C(C)C)c2)cc1N. The van der Waals surface area contributed by atoms with Gasteiger partial charge in [0.15, 0.2) is 0 Å². The van der Waals surface area contributed by atoms with Crippen LogP contribution in [0, 0.1) is 0 Å². The first-order valence-corrected chi connectivity index (χ1v) is 9.43. The number of sulfonamides is 1. The smallest absolute Gasteiger partial charge is 0.255 e. The van der Waals surface area contributed by atoms with Crippen LogP contribution in [0.3, 0.4) is 0 Å². The summed E-state index contributed by atoms with van der Waals surface area (Å²) < 4.78 is 31.5. The van der Waals surface area contributed by atoms with Gasteiger partial charge in [-0.25, -0.2) is 8.42 Å². The Bertz CT molecular complexity index is 910. The molecule has 3 N–H and O–H groups in total. The van der Waals surface area contributed by atoms with Crippen molar-refractivity contribution in [1.29, 1.82) is 0 Å². The molecule has 26 heavy (non-hydrogen) atoms. The molecular weight excluding hydrogens is 354 g/mol. The predicted octanol–water partition coefficient (Wildman–Crippen LogP) is 2.56. The lowest BCUT2D eigenvalue weighted by molar-refractivity contribution is 0.102. The highest BCUT2D eigenvalue weighted by molar-refractivity contribution is 7.89. The van der Waals surface area contributed by atoms with E-state index in [1.807, 2.05) is 0 Å². The average Bonchev–Trinajstić information content (AvgIpc) is 2.61. The van der Waals surface area contributed by atoms with Crippen LogP contribution in [-0.4, -0.2) is 38.8 Å². The molecule has 0 aromatic heterocycles. The average molecular weight is 377 g/mol. The van der Waals surface area contributed by atoms with Gasteiger partial charge in [-0.15, -0.1) is 0 Å². The molecule has 0 unspecified atom stereocenters. The maximum absolute atomic E-state index is 12.6. The van der Waals surface area contributed by atoms with E-state index in [9.17, 15) is 13.2 Å². The first-order chi connectivity index (χ1) is 12.2. The molecule has 0 saturated carbocycles. The number of amides is 1. The number of nitrogens with one attached hydrogen (secondary N) is 1. The number of nitrogens with zero attached hydrogens (tertiary/aromatic N) is 1. The summed E-state index contributed by atoms with van der Waals surface area (Å²) in [6.45, 7) is 3.56. The van der Waals surface area contributed by atoms with E-state index < -0.39 is 15.9 Å². The summed E-state index contributed by atoms with van der Waals surface area (Å²) in [6, 6.07) is 10.6. The second-order valence-corrected chi connectivity index (χ2v) is 8.05. The van der Waals surface area contributed by atoms with E-state index in [1.54, 1.807) is 44.2 Å². The Morgan fingerprint density at radius 3 is 2.46 bits per heavy atom. The van der Waals surface area contributed by atoms with Crippen LogP contribution in [0.5, 0.6) is 5.75 Å². The molecule has 1 amide bonds. The van der Waals surface area contributed by atoms with Gasteiger partial charge in [-0.1, -0.05) is 6.07 Å². The minimum atomic E-state index is -3.67. The number of anilines is 2. The van der Waals surface area contributed by atoms with E-state index >= 15 is 0 Å². The van der Waals surface area contributed by atoms with Gasteiger partial charge in [-0.3, -0.25) is 4.79 Å². The van der Waals surface area contributed by atoms with E-state index in [2.05, 4.69) is 5.32 Å². The molecule has 0 fully saturated rings. The van der Waals surface area contributed by atoms with Crippen LogP contribution >= 0.6 is 0 Å². The normalized spacial score (nSPS) is 11.6. The zero-order valence-electron chi connectivity index (χ0n) is 15.2. The maximum Gasteiger partial charge on any atom is 0.255 e. The molecule has 2 aromatic carbocycles. The largest absolute Gasteiger partial charge is 0.495 e. The molecule has 2 aromatic rings. The fraction of sp³-hybridized carbons (Fsp3) is 0.278. The lowest BCUT2D eigenvalue weighted by atomic mass is 10.2. The van der Waals surface area contributed by atoms with Crippen LogP contribution in [0.2, 0.25) is 0 Å². The molecule has 0 heterocycles. The summed E-state index contributed by atoms with van der Waals surface area (Å²) in [5, 5.41) is 2.70. The Balaban J connectivity index is 2.27. The van der Waals surface area contributed by atoms with E-state index in [0.29, 0.717) is 17.1 Å². The van der Waals surface area contributed by atoms with Gasteiger partial charge in [0.2, 0.25) is 10.0 Å². The Kier molecular flexibility index (Phi) is 5.89. The standard InChI is InChI=1S/C18H23N3O4S/c1-12(2)21(3)26(23,24)15-7-5-6-13(10-15)18(22)20-14-8-9-17(25-4)16(19)11-14/h5-12H,19H2,1-4H3,(H,20,22). The van der Waals surface area contributed by atoms with Crippen molar-refractivity contribution in [3.8, 4) is 5.75 Å². The van der Waals surface area contributed by atoms with E-state index in [0.717, 1.165) is 0 Å². The van der Waals surface area contributed by atoms with Gasteiger partial charge < -0.3 is 15.8 Å². The number of hydrogen-bond donors (Lipinski definition) is 2. The van der Waals surface area contributed by atoms with E-state index in [4.69, 9.17) is 10.5 Å². The number of ether oxygens (including phenoxy) is 1. The number of carbonyl (C=O) groups is 1. The number of benzene rings is 2. The lowest BCUT2D eigenvalue weighted by Crippen LogP contribution is -2.33. The molecule has 0 aliphatic rings. The summed E-state index contributed by atoms with van der Waals surface area (Å²) in [5.41, 5.74) is 6.94. The van der Waals surface area contributed by atoms with Crippen molar-refractivity contribution in [3.05, 3.63) is 48.0 Å². The molecule has 0 bridgehead atoms. The van der Waals surface area contributed by atoms with E-state index in [1.165, 1.54) is 30.6 Å². The molecule has 140 valence electrons. The highest BCUT2D eigenvalue weighted by atomic mass is 32.2. The lowest BCUT2D eigenvalue weighted by Gasteiger charge is -2.21. The maximum atomic E-state index is 12.6. The second kappa shape index (κ2) is 7.76. The zero-order valence-corrected chi connectivity index (χ0v) is 16.0. The molecule has 0 aliphatic heterocycles. The summed E-state index contributed by atoms with van der Waals surface area (Å²) in [5.74, 6) is 0.0756. The molecule has 8 heteroatoms. The number of hydrogen-bond acceptors (Lipinski definition) is 5. The molecular formula is C18H23N3O4S. The number of rotatable bonds is 6. The molecule has 0 radical (unpaired) electrons. The minimum absolute atomic E-state index is 0.0654. The van der Waals surface area contributed by atoms with Gasteiger partial charge in [-0.2, -0.15) is 4.31 Å². The van der Waals surface area contributed by atoms with Gasteiger partial charge in [-0.05, 0) is 50.2 Å². The van der Waals surface area contributed by atoms with Crippen LogP contribution in [0.15, 0.2) is 47.4 Å². The molecule has 0 atom stereocenters. The van der Waals surface area contributed by atoms with Gasteiger partial charge in [0, 0.05) is 24.3 Å². The number of carbonyl (C=O) groups excluding carboxylic acids is 1. The third-order valence-corrected chi connectivity index (χ3v) is 6.02. The van der Waals surface area contributed by atoms with Gasteiger partial charge in [0.05, 0.1) is 17.7 Å². The summed E-state index contributed by atoms with van der Waals surface area (Å²) in [7, 11) is -0.655. The minimum Gasteiger partial charge on any atom is -0.495 e. The zero-order chi connectivity index (χ0) is 19.5. The molecule has 0 saturated heterocycles. The van der Waals surface area contributed by atoms with Crippen molar-refractivity contribution >= 4 is 27.3 Å². The fourth-order valence-electron chi connectivity index (χ4n) is 2.26. The molecule has 0 aliphatic carbocycles. The number of methoxy groups -OCH3 is 1. The molecule has 0 spiro atoms. The Hall–Kier alpha value is -2.58. The Morgan fingerprint density at radius 2 is 1.88 bits per heavy atom. The van der Waals surface area contributed by atoms with Crippen molar-refractivity contribution in [3.63, 3.8) is 0 Å². The van der Waals surface area contributed by atoms with Gasteiger partial charge >= 0.3 is 0 Å². The van der Waals surface area contributed by atoms with Crippen molar-refractivity contribution in [2.45, 2.75) is 24.8 Å². The first-order valence-electron chi connectivity index (χ1n) is 7.99. The van der Waals surface area contributed by atoms with Crippen LogP contribution < -0.4 is 15.8 Å². The first kappa shape index (κ1) is 19.7. The van der Waals surface area contributed by atoms with Crippen LogP contribution in [0.1, 0.15) is 24.2 Å². The fourth-order valence-corrected chi connectivity index (χ4v) is 3.67. The monoisotopic (exact) mass is 377 g/mol. The third-order valence-electron chi connectivity index (χ3n) is 3.99. The van der Waals surface area contributed by atoms with Gasteiger partial charge in [0.1, 0.15) is 5.75 Å². The summed E-state index contributed by atoms with van der Waals surface area (Å²) >= 11 is 0. The Labute approximate surface area is 153 Å². The number of nitrogens with two attached hydrogens (primary N) is 1. The van der Waals surface area contributed by atoms with Crippen LogP contribution in [0.25, 0.3) is 0 Å². The van der Waals surface area contributed by atoms with Crippen molar-refractivity contribution in [1.82, 2.24) is 4.31 Å². The predicted molar refractivity (Wildman–Crippen MR) is 102 cm³/mol. The summed E-state index contributed by atoms with van der Waals surface area (Å²) in [6.07, 6.45) is 0. The summed E-state index contributed by atoms with van der Waals surface area (Å²) in [4.78, 5) is 12.5. The van der Waals surface area contributed by atoms with Crippen molar-refractivity contribution < 1.29 is 17.9 Å². The van der Waals surface area contributed by atoms with Crippen molar-refractivity contribution in [2.24, 2.45) is 0 Å². The topological polar surface area (TPSA) is 102 Å². The van der Waals surface area contributed by atoms with E-state index in [-0.39, 0.29) is 16.5 Å². The second-order valence-electron chi connectivity index (χ2n) is 6.05. The van der Waals surface area contributed by atoms with Gasteiger partial charge in [0.25, 0.3) is 5.91 Å². The molecule has 7 nitrogen and oxygen atoms in total. The van der Waals surface area contributed by atoms with Crippen LogP contribution in [0.4, 0.5) is 11.4 Å². The third kappa shape index (κ3) is 4.14. The Morgan fingerprint density at radius 1 is 1.19 bits per heavy atom.